The number of hydroxylamine groups is 2. The van der Waals surface area contributed by atoms with Crippen LogP contribution >= 0.6 is 0 Å². The van der Waals surface area contributed by atoms with Crippen LogP contribution < -0.4 is 20.4 Å². The number of hydrogen-bond acceptors (Lipinski definition) is 9. The Morgan fingerprint density at radius 3 is 2.22 bits per heavy atom. The van der Waals surface area contributed by atoms with E-state index in [0.717, 1.165) is 12.8 Å². The summed E-state index contributed by atoms with van der Waals surface area (Å²) < 4.78 is 26.7. The van der Waals surface area contributed by atoms with Crippen LogP contribution in [0.5, 0.6) is 11.5 Å². The molecule has 0 bridgehead atoms. The van der Waals surface area contributed by atoms with E-state index >= 15 is 0 Å². The largest absolute Gasteiger partial charge is 0.436 e. The van der Waals surface area contributed by atoms with Crippen molar-refractivity contribution in [2.45, 2.75) is 63.6 Å². The van der Waals surface area contributed by atoms with Gasteiger partial charge in [-0.1, -0.05) is 6.07 Å². The van der Waals surface area contributed by atoms with Gasteiger partial charge in [0.2, 0.25) is 0 Å². The highest BCUT2D eigenvalue weighted by molar-refractivity contribution is 5.71. The minimum Gasteiger partial charge on any atom is -0.409 e. The SMILES string of the molecule is COC1CCOC(C)[C@@H]1ONC(=O)Oc1cccc(OC(=O)NOC2CCCO[C@H]2C)c1. The van der Waals surface area contributed by atoms with Crippen LogP contribution in [-0.4, -0.2) is 63.0 Å². The van der Waals surface area contributed by atoms with Gasteiger partial charge in [-0.2, -0.15) is 11.0 Å². The Morgan fingerprint density at radius 2 is 1.56 bits per heavy atom. The van der Waals surface area contributed by atoms with Gasteiger partial charge in [0.05, 0.1) is 18.3 Å². The van der Waals surface area contributed by atoms with Gasteiger partial charge in [0.1, 0.15) is 23.7 Å². The summed E-state index contributed by atoms with van der Waals surface area (Å²) in [5.74, 6) is 0.321. The maximum absolute atomic E-state index is 12.1. The molecule has 0 aromatic heterocycles. The number of hydrogen-bond donors (Lipinski definition) is 2. The van der Waals surface area contributed by atoms with Crippen molar-refractivity contribution in [2.75, 3.05) is 20.3 Å². The minimum atomic E-state index is -0.839. The van der Waals surface area contributed by atoms with E-state index in [9.17, 15) is 9.59 Å². The van der Waals surface area contributed by atoms with Crippen LogP contribution in [0.25, 0.3) is 0 Å². The Labute approximate surface area is 186 Å². The smallest absolute Gasteiger partial charge is 0.409 e. The number of rotatable bonds is 7. The molecule has 2 saturated heterocycles. The number of methoxy groups -OCH3 is 1. The third-order valence-electron chi connectivity index (χ3n) is 5.25. The van der Waals surface area contributed by atoms with Crippen molar-refractivity contribution in [3.05, 3.63) is 24.3 Å². The molecule has 2 amide bonds. The molecule has 0 aliphatic carbocycles. The molecule has 1 aromatic carbocycles. The third-order valence-corrected chi connectivity index (χ3v) is 5.25. The molecule has 0 saturated carbocycles. The van der Waals surface area contributed by atoms with E-state index in [4.69, 9.17) is 33.4 Å². The summed E-state index contributed by atoms with van der Waals surface area (Å²) in [6.07, 6.45) is -0.660. The molecule has 2 aliphatic heterocycles. The van der Waals surface area contributed by atoms with Crippen molar-refractivity contribution >= 4 is 12.2 Å². The van der Waals surface area contributed by atoms with Gasteiger partial charge in [0.25, 0.3) is 0 Å². The fourth-order valence-electron chi connectivity index (χ4n) is 3.50. The van der Waals surface area contributed by atoms with Crippen molar-refractivity contribution in [2.24, 2.45) is 0 Å². The summed E-state index contributed by atoms with van der Waals surface area (Å²) in [6.45, 7) is 4.95. The van der Waals surface area contributed by atoms with Crippen molar-refractivity contribution < 1.29 is 42.9 Å². The van der Waals surface area contributed by atoms with Gasteiger partial charge in [-0.15, -0.1) is 0 Å². The number of ether oxygens (including phenoxy) is 5. The summed E-state index contributed by atoms with van der Waals surface area (Å²) in [6, 6.07) is 6.03. The number of carbonyl (C=O) groups excluding carboxylic acids is 2. The zero-order valence-corrected chi connectivity index (χ0v) is 18.4. The molecule has 2 N–H and O–H groups in total. The molecule has 11 heteroatoms. The van der Waals surface area contributed by atoms with E-state index < -0.39 is 18.3 Å². The summed E-state index contributed by atoms with van der Waals surface area (Å²) in [7, 11) is 1.58. The first-order chi connectivity index (χ1) is 15.5. The molecule has 0 spiro atoms. The van der Waals surface area contributed by atoms with E-state index in [-0.39, 0.29) is 35.9 Å². The lowest BCUT2D eigenvalue weighted by molar-refractivity contribution is -0.181. The van der Waals surface area contributed by atoms with Crippen molar-refractivity contribution in [3.63, 3.8) is 0 Å². The zero-order chi connectivity index (χ0) is 22.9. The van der Waals surface area contributed by atoms with E-state index in [1.807, 2.05) is 13.8 Å². The minimum absolute atomic E-state index is 0.121. The molecule has 2 heterocycles. The van der Waals surface area contributed by atoms with Crippen molar-refractivity contribution in [3.8, 4) is 11.5 Å². The van der Waals surface area contributed by atoms with E-state index in [1.54, 1.807) is 13.2 Å². The van der Waals surface area contributed by atoms with Gasteiger partial charge in [0.15, 0.2) is 0 Å². The van der Waals surface area contributed by atoms with Gasteiger partial charge in [-0.05, 0) is 45.2 Å². The topological polar surface area (TPSA) is 123 Å². The quantitative estimate of drug-likeness (QED) is 0.598. The second kappa shape index (κ2) is 12.0. The third kappa shape index (κ3) is 7.04. The predicted molar refractivity (Wildman–Crippen MR) is 110 cm³/mol. The zero-order valence-electron chi connectivity index (χ0n) is 18.4. The molecular formula is C21H30N2O9. The fraction of sp³-hybridized carbons (Fsp3) is 0.619. The Hall–Kier alpha value is -2.44. The van der Waals surface area contributed by atoms with Crippen LogP contribution in [0, 0.1) is 0 Å². The normalized spacial score (nSPS) is 27.9. The van der Waals surface area contributed by atoms with Gasteiger partial charge in [-0.3, -0.25) is 9.68 Å². The average Bonchev–Trinajstić information content (AvgIpc) is 2.77. The summed E-state index contributed by atoms with van der Waals surface area (Å²) in [5, 5.41) is 0. The first kappa shape index (κ1) is 24.2. The fourth-order valence-corrected chi connectivity index (χ4v) is 3.50. The van der Waals surface area contributed by atoms with Gasteiger partial charge in [0, 0.05) is 26.4 Å². The number of amides is 2. The molecule has 2 fully saturated rings. The van der Waals surface area contributed by atoms with Gasteiger partial charge < -0.3 is 23.7 Å². The van der Waals surface area contributed by atoms with Crippen LogP contribution in [0.2, 0.25) is 0 Å². The van der Waals surface area contributed by atoms with Crippen molar-refractivity contribution in [1.29, 1.82) is 0 Å². The Balaban J connectivity index is 1.44. The number of carbonyl (C=O) groups is 2. The summed E-state index contributed by atoms with van der Waals surface area (Å²) >= 11 is 0. The second-order valence-electron chi connectivity index (χ2n) is 7.55. The molecule has 32 heavy (non-hydrogen) atoms. The molecule has 5 atom stereocenters. The lowest BCUT2D eigenvalue weighted by Gasteiger charge is -2.34. The first-order valence-electron chi connectivity index (χ1n) is 10.6. The maximum Gasteiger partial charge on any atom is 0.436 e. The van der Waals surface area contributed by atoms with E-state index in [1.165, 1.54) is 18.2 Å². The summed E-state index contributed by atoms with van der Waals surface area (Å²) in [5.41, 5.74) is 4.50. The molecular weight excluding hydrogens is 424 g/mol. The highest BCUT2D eigenvalue weighted by Crippen LogP contribution is 2.21. The van der Waals surface area contributed by atoms with Crippen molar-refractivity contribution in [1.82, 2.24) is 11.0 Å². The van der Waals surface area contributed by atoms with Gasteiger partial charge >= 0.3 is 12.2 Å². The average molecular weight is 454 g/mol. The Morgan fingerprint density at radius 1 is 0.906 bits per heavy atom. The molecule has 11 nitrogen and oxygen atoms in total. The van der Waals surface area contributed by atoms with Crippen LogP contribution in [-0.2, 0) is 23.9 Å². The van der Waals surface area contributed by atoms with Crippen LogP contribution in [0.3, 0.4) is 0 Å². The van der Waals surface area contributed by atoms with Crippen LogP contribution in [0.15, 0.2) is 24.3 Å². The van der Waals surface area contributed by atoms with Crippen LogP contribution in [0.4, 0.5) is 9.59 Å². The molecule has 178 valence electrons. The molecule has 3 unspecified atom stereocenters. The van der Waals surface area contributed by atoms with E-state index in [2.05, 4.69) is 11.0 Å². The van der Waals surface area contributed by atoms with E-state index in [0.29, 0.717) is 19.6 Å². The van der Waals surface area contributed by atoms with Crippen LogP contribution in [0.1, 0.15) is 33.1 Å². The molecule has 2 aliphatic rings. The molecule has 0 radical (unpaired) electrons. The highest BCUT2D eigenvalue weighted by atomic mass is 16.7. The predicted octanol–water partition coefficient (Wildman–Crippen LogP) is 2.49. The Kier molecular flexibility index (Phi) is 9.06. The summed E-state index contributed by atoms with van der Waals surface area (Å²) in [4.78, 5) is 34.9. The molecule has 3 rings (SSSR count). The lowest BCUT2D eigenvalue weighted by atomic mass is 10.0. The lowest BCUT2D eigenvalue weighted by Crippen LogP contribution is -2.49. The van der Waals surface area contributed by atoms with Gasteiger partial charge in [-0.25, -0.2) is 9.59 Å². The first-order valence-corrected chi connectivity index (χ1v) is 10.6. The molecule has 1 aromatic rings. The standard InChI is InChI=1S/C21H30N2O9/c1-13-17(8-5-10-27-13)31-22-20(24)29-15-6-4-7-16(12-15)30-21(25)23-32-19-14(2)28-11-9-18(19)26-3/h4,6-7,12-14,17-19H,5,8-11H2,1-3H3,(H,22,24)(H,23,25)/t13-,14?,17?,18?,19-/m0/s1. The Bertz CT molecular complexity index is 763. The highest BCUT2D eigenvalue weighted by Gasteiger charge is 2.33. The maximum atomic E-state index is 12.1. The monoisotopic (exact) mass is 454 g/mol. The number of benzene rings is 1. The number of nitrogens with one attached hydrogen (secondary N) is 2. The second-order valence-corrected chi connectivity index (χ2v) is 7.55.